The van der Waals surface area contributed by atoms with Gasteiger partial charge >= 0.3 is 0 Å². The Morgan fingerprint density at radius 1 is 0.923 bits per heavy atom. The molecule has 2 aromatic rings. The Balaban J connectivity index is 1.60. The number of ketones is 1. The van der Waals surface area contributed by atoms with E-state index in [2.05, 4.69) is 0 Å². The van der Waals surface area contributed by atoms with Gasteiger partial charge in [0.1, 0.15) is 0 Å². The molecule has 26 heavy (non-hydrogen) atoms. The van der Waals surface area contributed by atoms with Crippen LogP contribution in [-0.2, 0) is 10.0 Å². The normalized spacial score (nSPS) is 16.5. The van der Waals surface area contributed by atoms with E-state index in [4.69, 9.17) is 0 Å². The predicted octanol–water partition coefficient (Wildman–Crippen LogP) is 2.49. The summed E-state index contributed by atoms with van der Waals surface area (Å²) in [6.07, 6.45) is 0. The molecule has 5 nitrogen and oxygen atoms in total. The highest BCUT2D eigenvalue weighted by atomic mass is 32.2. The van der Waals surface area contributed by atoms with Crippen molar-refractivity contribution < 1.29 is 13.2 Å². The fourth-order valence-electron chi connectivity index (χ4n) is 3.08. The van der Waals surface area contributed by atoms with Crippen LogP contribution in [0.4, 0.5) is 0 Å². The van der Waals surface area contributed by atoms with E-state index in [0.717, 1.165) is 5.56 Å². The molecule has 1 fully saturated rings. The molecular weight excluding hydrogens is 348 g/mol. The number of carbonyl (C=O) groups excluding carboxylic acids is 1. The van der Waals surface area contributed by atoms with Crippen molar-refractivity contribution >= 4 is 15.8 Å². The Kier molecular flexibility index (Phi) is 5.55. The molecule has 1 aliphatic rings. The smallest absolute Gasteiger partial charge is 0.243 e. The van der Waals surface area contributed by atoms with Crippen LogP contribution in [0.3, 0.4) is 0 Å². The van der Waals surface area contributed by atoms with Crippen molar-refractivity contribution in [1.82, 2.24) is 9.21 Å². The molecule has 1 aliphatic heterocycles. The molecule has 0 saturated carbocycles. The van der Waals surface area contributed by atoms with Gasteiger partial charge in [-0.25, -0.2) is 8.42 Å². The van der Waals surface area contributed by atoms with Crippen LogP contribution in [-0.4, -0.2) is 56.1 Å². The topological polar surface area (TPSA) is 57.7 Å². The van der Waals surface area contributed by atoms with Gasteiger partial charge in [-0.15, -0.1) is 0 Å². The van der Waals surface area contributed by atoms with Gasteiger partial charge in [0.15, 0.2) is 5.78 Å². The van der Waals surface area contributed by atoms with Gasteiger partial charge in [0.05, 0.1) is 11.4 Å². The summed E-state index contributed by atoms with van der Waals surface area (Å²) in [5, 5.41) is 0. The van der Waals surface area contributed by atoms with Crippen LogP contribution in [0, 0.1) is 13.8 Å². The molecule has 0 unspecified atom stereocenters. The minimum absolute atomic E-state index is 0.0764. The Morgan fingerprint density at radius 3 is 2.19 bits per heavy atom. The van der Waals surface area contributed by atoms with Crippen LogP contribution < -0.4 is 0 Å². The second-order valence-corrected chi connectivity index (χ2v) is 8.65. The van der Waals surface area contributed by atoms with E-state index >= 15 is 0 Å². The summed E-state index contributed by atoms with van der Waals surface area (Å²) in [7, 11) is -3.45. The van der Waals surface area contributed by atoms with Gasteiger partial charge in [-0.2, -0.15) is 4.31 Å². The summed E-state index contributed by atoms with van der Waals surface area (Å²) in [6, 6.07) is 14.2. The van der Waals surface area contributed by atoms with Crippen molar-refractivity contribution in [2.24, 2.45) is 0 Å². The molecule has 0 amide bonds. The van der Waals surface area contributed by atoms with Crippen molar-refractivity contribution in [1.29, 1.82) is 0 Å². The van der Waals surface area contributed by atoms with Crippen LogP contribution in [0.2, 0.25) is 0 Å². The van der Waals surface area contributed by atoms with Crippen molar-refractivity contribution in [3.8, 4) is 0 Å². The van der Waals surface area contributed by atoms with Gasteiger partial charge in [0.2, 0.25) is 10.0 Å². The van der Waals surface area contributed by atoms with Crippen molar-refractivity contribution in [2.75, 3.05) is 32.7 Å². The molecular formula is C20H24N2O3S. The summed E-state index contributed by atoms with van der Waals surface area (Å²) in [5.41, 5.74) is 2.99. The second kappa shape index (κ2) is 7.70. The average molecular weight is 372 g/mol. The molecule has 0 N–H and O–H groups in total. The number of Topliss-reactive ketones (excluding diaryl/α,β-unsaturated/α-hetero) is 1. The largest absolute Gasteiger partial charge is 0.293 e. The van der Waals surface area contributed by atoms with Crippen molar-refractivity contribution in [3.63, 3.8) is 0 Å². The number of benzene rings is 2. The van der Waals surface area contributed by atoms with E-state index in [1.54, 1.807) is 30.3 Å². The first kappa shape index (κ1) is 18.8. The van der Waals surface area contributed by atoms with Gasteiger partial charge < -0.3 is 0 Å². The summed E-state index contributed by atoms with van der Waals surface area (Å²) < 4.78 is 26.8. The van der Waals surface area contributed by atoms with E-state index in [1.807, 2.05) is 36.9 Å². The molecule has 1 heterocycles. The number of carbonyl (C=O) groups is 1. The lowest BCUT2D eigenvalue weighted by Crippen LogP contribution is -2.49. The zero-order valence-electron chi connectivity index (χ0n) is 15.2. The Hall–Kier alpha value is -2.02. The molecule has 6 heteroatoms. The maximum atomic E-state index is 12.6. The van der Waals surface area contributed by atoms with E-state index in [1.165, 1.54) is 9.87 Å². The third kappa shape index (κ3) is 4.03. The van der Waals surface area contributed by atoms with Crippen LogP contribution in [0.1, 0.15) is 21.5 Å². The van der Waals surface area contributed by atoms with Gasteiger partial charge in [-0.05, 0) is 43.2 Å². The molecule has 138 valence electrons. The van der Waals surface area contributed by atoms with Gasteiger partial charge in [-0.3, -0.25) is 9.69 Å². The lowest BCUT2D eigenvalue weighted by Gasteiger charge is -2.33. The number of nitrogens with zero attached hydrogens (tertiary/aromatic N) is 2. The first-order chi connectivity index (χ1) is 12.4. The molecule has 1 saturated heterocycles. The van der Waals surface area contributed by atoms with E-state index in [9.17, 15) is 13.2 Å². The lowest BCUT2D eigenvalue weighted by molar-refractivity contribution is 0.0901. The maximum Gasteiger partial charge on any atom is 0.243 e. The van der Waals surface area contributed by atoms with Crippen LogP contribution in [0.25, 0.3) is 0 Å². The number of rotatable bonds is 5. The maximum absolute atomic E-state index is 12.6. The molecule has 0 radical (unpaired) electrons. The fraction of sp³-hybridized carbons (Fsp3) is 0.350. The fourth-order valence-corrected chi connectivity index (χ4v) is 4.52. The quantitative estimate of drug-likeness (QED) is 0.757. The molecule has 0 atom stereocenters. The zero-order valence-corrected chi connectivity index (χ0v) is 16.0. The Morgan fingerprint density at radius 2 is 1.58 bits per heavy atom. The van der Waals surface area contributed by atoms with Gasteiger partial charge in [0, 0.05) is 31.7 Å². The number of sulfonamides is 1. The summed E-state index contributed by atoms with van der Waals surface area (Å²) >= 11 is 0. The van der Waals surface area contributed by atoms with Crippen LogP contribution >= 0.6 is 0 Å². The minimum Gasteiger partial charge on any atom is -0.293 e. The molecule has 3 rings (SSSR count). The Bertz CT molecular complexity index is 887. The van der Waals surface area contributed by atoms with Gasteiger partial charge in [0.25, 0.3) is 0 Å². The van der Waals surface area contributed by atoms with Crippen molar-refractivity contribution in [2.45, 2.75) is 18.7 Å². The van der Waals surface area contributed by atoms with Gasteiger partial charge in [-0.1, -0.05) is 30.3 Å². The van der Waals surface area contributed by atoms with E-state index in [0.29, 0.717) is 43.2 Å². The average Bonchev–Trinajstić information content (AvgIpc) is 2.65. The first-order valence-electron chi connectivity index (χ1n) is 8.76. The number of aryl methyl sites for hydroxylation is 2. The molecule has 0 bridgehead atoms. The SMILES string of the molecule is Cc1ccc(C(=O)CN2CCN(S(=O)(=O)c3ccccc3)CC2)cc1C. The molecule has 0 spiro atoms. The summed E-state index contributed by atoms with van der Waals surface area (Å²) in [6.45, 7) is 6.26. The molecule has 2 aromatic carbocycles. The summed E-state index contributed by atoms with van der Waals surface area (Å²) in [4.78, 5) is 14.8. The predicted molar refractivity (Wildman–Crippen MR) is 102 cm³/mol. The van der Waals surface area contributed by atoms with Crippen LogP contribution in [0.15, 0.2) is 53.4 Å². The second-order valence-electron chi connectivity index (χ2n) is 6.72. The standard InChI is InChI=1S/C20H24N2O3S/c1-16-8-9-18(14-17(16)2)20(23)15-21-10-12-22(13-11-21)26(24,25)19-6-4-3-5-7-19/h3-9,14H,10-13,15H2,1-2H3. The van der Waals surface area contributed by atoms with E-state index < -0.39 is 10.0 Å². The number of piperazine rings is 1. The highest BCUT2D eigenvalue weighted by Gasteiger charge is 2.28. The van der Waals surface area contributed by atoms with Crippen molar-refractivity contribution in [3.05, 3.63) is 65.2 Å². The summed E-state index contributed by atoms with van der Waals surface area (Å²) in [5.74, 6) is 0.0764. The highest BCUT2D eigenvalue weighted by molar-refractivity contribution is 7.89. The molecule has 0 aromatic heterocycles. The minimum atomic E-state index is -3.45. The first-order valence-corrected chi connectivity index (χ1v) is 10.2. The van der Waals surface area contributed by atoms with Crippen LogP contribution in [0.5, 0.6) is 0 Å². The lowest BCUT2D eigenvalue weighted by atomic mass is 10.0. The third-order valence-electron chi connectivity index (χ3n) is 4.91. The number of hydrogen-bond acceptors (Lipinski definition) is 4. The Labute approximate surface area is 155 Å². The highest BCUT2D eigenvalue weighted by Crippen LogP contribution is 2.17. The third-order valence-corrected chi connectivity index (χ3v) is 6.82. The molecule has 0 aliphatic carbocycles. The number of hydrogen-bond donors (Lipinski definition) is 0. The monoisotopic (exact) mass is 372 g/mol. The zero-order chi connectivity index (χ0) is 18.7. The van der Waals surface area contributed by atoms with E-state index in [-0.39, 0.29) is 5.78 Å².